The smallest absolute Gasteiger partial charge is 0.247 e. The zero-order valence-corrected chi connectivity index (χ0v) is 15.4. The molecular formula is C21H23N3O3. The molecule has 6 nitrogen and oxygen atoms in total. The summed E-state index contributed by atoms with van der Waals surface area (Å²) in [5.74, 6) is 1.59. The van der Waals surface area contributed by atoms with Gasteiger partial charge in [-0.25, -0.2) is 0 Å². The van der Waals surface area contributed by atoms with Crippen LogP contribution in [0.15, 0.2) is 59.0 Å². The quantitative estimate of drug-likeness (QED) is 0.588. The molecule has 0 saturated carbocycles. The molecule has 6 heteroatoms. The molecule has 1 N–H and O–H groups in total. The molecule has 0 saturated heterocycles. The third-order valence-electron chi connectivity index (χ3n) is 4.16. The molecule has 0 radical (unpaired) electrons. The molecule has 1 amide bonds. The summed E-state index contributed by atoms with van der Waals surface area (Å²) >= 11 is 0. The molecule has 0 unspecified atom stereocenters. The molecule has 0 spiro atoms. The summed E-state index contributed by atoms with van der Waals surface area (Å²) in [6.07, 6.45) is 2.61. The van der Waals surface area contributed by atoms with Crippen molar-refractivity contribution in [1.29, 1.82) is 0 Å². The Bertz CT molecular complexity index is 862. The summed E-state index contributed by atoms with van der Waals surface area (Å²) in [5, 5.41) is 11.0. The number of benzene rings is 2. The van der Waals surface area contributed by atoms with Gasteiger partial charge in [0.25, 0.3) is 0 Å². The maximum Gasteiger partial charge on any atom is 0.247 e. The second-order valence-electron chi connectivity index (χ2n) is 6.17. The van der Waals surface area contributed by atoms with Crippen LogP contribution >= 0.6 is 0 Å². The Morgan fingerprint density at radius 2 is 1.93 bits per heavy atom. The topological polar surface area (TPSA) is 77.2 Å². The number of amides is 1. The highest BCUT2D eigenvalue weighted by Crippen LogP contribution is 2.22. The van der Waals surface area contributed by atoms with E-state index in [0.29, 0.717) is 31.2 Å². The number of aromatic nitrogens is 2. The van der Waals surface area contributed by atoms with Crippen molar-refractivity contribution in [3.8, 4) is 17.2 Å². The first-order chi connectivity index (χ1) is 13.2. The Balaban J connectivity index is 1.41. The number of rotatable bonds is 9. The van der Waals surface area contributed by atoms with Gasteiger partial charge in [0.2, 0.25) is 17.7 Å². The van der Waals surface area contributed by atoms with E-state index in [4.69, 9.17) is 9.15 Å². The fraction of sp³-hybridized carbons (Fsp3) is 0.286. The van der Waals surface area contributed by atoms with Crippen LogP contribution in [0, 0.1) is 0 Å². The lowest BCUT2D eigenvalue weighted by molar-refractivity contribution is -0.121. The van der Waals surface area contributed by atoms with Crippen LogP contribution in [0.4, 0.5) is 0 Å². The number of methoxy groups -OCH3 is 1. The molecule has 0 aliphatic rings. The van der Waals surface area contributed by atoms with Gasteiger partial charge < -0.3 is 14.5 Å². The van der Waals surface area contributed by atoms with Crippen molar-refractivity contribution >= 4 is 5.91 Å². The summed E-state index contributed by atoms with van der Waals surface area (Å²) in [7, 11) is 1.61. The van der Waals surface area contributed by atoms with Gasteiger partial charge in [-0.2, -0.15) is 0 Å². The van der Waals surface area contributed by atoms with E-state index in [0.717, 1.165) is 24.2 Å². The SMILES string of the molecule is COc1cccc(-c2nnc(CCC(=O)NCCCc3ccccc3)o2)c1. The number of aryl methyl sites for hydroxylation is 2. The number of ether oxygens (including phenoxy) is 1. The zero-order valence-electron chi connectivity index (χ0n) is 15.4. The van der Waals surface area contributed by atoms with Gasteiger partial charge in [0.05, 0.1) is 7.11 Å². The summed E-state index contributed by atoms with van der Waals surface area (Å²) in [5.41, 5.74) is 2.07. The molecule has 1 aromatic heterocycles. The van der Waals surface area contributed by atoms with Crippen molar-refractivity contribution in [2.45, 2.75) is 25.7 Å². The number of carbonyl (C=O) groups excluding carboxylic acids is 1. The number of nitrogens with zero attached hydrogens (tertiary/aromatic N) is 2. The first kappa shape index (κ1) is 18.6. The van der Waals surface area contributed by atoms with Gasteiger partial charge in [-0.3, -0.25) is 4.79 Å². The third-order valence-corrected chi connectivity index (χ3v) is 4.16. The van der Waals surface area contributed by atoms with Gasteiger partial charge in [0.1, 0.15) is 5.75 Å². The van der Waals surface area contributed by atoms with Crippen molar-refractivity contribution < 1.29 is 13.9 Å². The maximum absolute atomic E-state index is 12.0. The second kappa shape index (κ2) is 9.52. The molecule has 0 fully saturated rings. The summed E-state index contributed by atoms with van der Waals surface area (Å²) in [4.78, 5) is 12.0. The van der Waals surface area contributed by atoms with Gasteiger partial charge in [0.15, 0.2) is 0 Å². The van der Waals surface area contributed by atoms with Crippen molar-refractivity contribution in [1.82, 2.24) is 15.5 Å². The molecule has 0 aliphatic heterocycles. The minimum Gasteiger partial charge on any atom is -0.497 e. The summed E-state index contributed by atoms with van der Waals surface area (Å²) < 4.78 is 10.8. The highest BCUT2D eigenvalue weighted by Gasteiger charge is 2.11. The first-order valence-corrected chi connectivity index (χ1v) is 9.02. The van der Waals surface area contributed by atoms with Crippen LogP contribution in [-0.4, -0.2) is 29.8 Å². The highest BCUT2D eigenvalue weighted by molar-refractivity contribution is 5.75. The van der Waals surface area contributed by atoms with E-state index in [1.807, 2.05) is 42.5 Å². The molecule has 140 valence electrons. The van der Waals surface area contributed by atoms with Crippen LogP contribution in [-0.2, 0) is 17.6 Å². The van der Waals surface area contributed by atoms with Gasteiger partial charge in [0, 0.05) is 24.9 Å². The fourth-order valence-corrected chi connectivity index (χ4v) is 2.70. The standard InChI is InChI=1S/C21H23N3O3/c1-26-18-11-5-10-17(15-18)21-24-23-20(27-21)13-12-19(25)22-14-6-9-16-7-3-2-4-8-16/h2-5,7-8,10-11,15H,6,9,12-14H2,1H3,(H,22,25). The van der Waals surface area contributed by atoms with Crippen molar-refractivity contribution in [3.63, 3.8) is 0 Å². The predicted molar refractivity (Wildman–Crippen MR) is 102 cm³/mol. The number of hydrogen-bond donors (Lipinski definition) is 1. The van der Waals surface area contributed by atoms with Crippen molar-refractivity contribution in [2.75, 3.05) is 13.7 Å². The highest BCUT2D eigenvalue weighted by atomic mass is 16.5. The van der Waals surface area contributed by atoms with E-state index in [9.17, 15) is 4.79 Å². The van der Waals surface area contributed by atoms with Crippen molar-refractivity contribution in [3.05, 3.63) is 66.1 Å². The average molecular weight is 365 g/mol. The van der Waals surface area contributed by atoms with Gasteiger partial charge >= 0.3 is 0 Å². The molecule has 1 heterocycles. The maximum atomic E-state index is 12.0. The Hall–Kier alpha value is -3.15. The Kier molecular flexibility index (Phi) is 6.57. The second-order valence-corrected chi connectivity index (χ2v) is 6.17. The van der Waals surface area contributed by atoms with E-state index in [1.54, 1.807) is 7.11 Å². The molecule has 0 aliphatic carbocycles. The molecule has 2 aromatic carbocycles. The number of carbonyl (C=O) groups is 1. The lowest BCUT2D eigenvalue weighted by atomic mass is 10.1. The first-order valence-electron chi connectivity index (χ1n) is 9.02. The molecule has 0 bridgehead atoms. The minimum absolute atomic E-state index is 0.0100. The molecule has 3 rings (SSSR count). The van der Waals surface area contributed by atoms with Crippen LogP contribution in [0.1, 0.15) is 24.3 Å². The molecule has 0 atom stereocenters. The van der Waals surface area contributed by atoms with Gasteiger partial charge in [-0.1, -0.05) is 36.4 Å². The van der Waals surface area contributed by atoms with Crippen LogP contribution < -0.4 is 10.1 Å². The monoisotopic (exact) mass is 365 g/mol. The zero-order chi connectivity index (χ0) is 18.9. The van der Waals surface area contributed by atoms with E-state index in [-0.39, 0.29) is 5.91 Å². The lowest BCUT2D eigenvalue weighted by Crippen LogP contribution is -2.25. The Morgan fingerprint density at radius 3 is 2.74 bits per heavy atom. The lowest BCUT2D eigenvalue weighted by Gasteiger charge is -2.04. The van der Waals surface area contributed by atoms with E-state index >= 15 is 0 Å². The fourth-order valence-electron chi connectivity index (χ4n) is 2.70. The third kappa shape index (κ3) is 5.67. The number of nitrogens with one attached hydrogen (secondary N) is 1. The molecule has 3 aromatic rings. The number of hydrogen-bond acceptors (Lipinski definition) is 5. The van der Waals surface area contributed by atoms with Crippen molar-refractivity contribution in [2.24, 2.45) is 0 Å². The predicted octanol–water partition coefficient (Wildman–Crippen LogP) is 3.43. The molecule has 27 heavy (non-hydrogen) atoms. The van der Waals surface area contributed by atoms with Crippen LogP contribution in [0.25, 0.3) is 11.5 Å². The van der Waals surface area contributed by atoms with Crippen LogP contribution in [0.5, 0.6) is 5.75 Å². The van der Waals surface area contributed by atoms with E-state index in [2.05, 4.69) is 27.6 Å². The summed E-state index contributed by atoms with van der Waals surface area (Å²) in [6, 6.07) is 17.7. The van der Waals surface area contributed by atoms with Gasteiger partial charge in [-0.15, -0.1) is 10.2 Å². The van der Waals surface area contributed by atoms with E-state index in [1.165, 1.54) is 5.56 Å². The largest absolute Gasteiger partial charge is 0.497 e. The van der Waals surface area contributed by atoms with Crippen LogP contribution in [0.2, 0.25) is 0 Å². The Labute approximate surface area is 158 Å². The normalized spacial score (nSPS) is 10.6. The van der Waals surface area contributed by atoms with Crippen LogP contribution in [0.3, 0.4) is 0 Å². The average Bonchev–Trinajstić information content (AvgIpc) is 3.20. The minimum atomic E-state index is -0.0100. The summed E-state index contributed by atoms with van der Waals surface area (Å²) in [6.45, 7) is 0.659. The molecular weight excluding hydrogens is 342 g/mol. The van der Waals surface area contributed by atoms with E-state index < -0.39 is 0 Å². The van der Waals surface area contributed by atoms with Gasteiger partial charge in [-0.05, 0) is 36.6 Å². The Morgan fingerprint density at radius 1 is 1.07 bits per heavy atom.